The molecular formula is C23H28F3N7O. The molecule has 1 N–H and O–H groups in total. The monoisotopic (exact) mass is 475 g/mol. The number of hydrogen-bond acceptors (Lipinski definition) is 7. The van der Waals surface area contributed by atoms with Crippen molar-refractivity contribution in [2.75, 3.05) is 29.9 Å². The van der Waals surface area contributed by atoms with Crippen molar-refractivity contribution in [3.8, 4) is 5.88 Å². The third-order valence-corrected chi connectivity index (χ3v) is 6.73. The summed E-state index contributed by atoms with van der Waals surface area (Å²) in [7, 11) is 0. The first kappa shape index (κ1) is 22.7. The molecule has 4 heterocycles. The van der Waals surface area contributed by atoms with Crippen LogP contribution in [0.5, 0.6) is 5.88 Å². The highest BCUT2D eigenvalue weighted by Gasteiger charge is 2.43. The Hall–Kier alpha value is -3.11. The summed E-state index contributed by atoms with van der Waals surface area (Å²) >= 11 is 0. The van der Waals surface area contributed by atoms with E-state index in [0.29, 0.717) is 23.4 Å². The second-order valence-corrected chi connectivity index (χ2v) is 9.55. The topological polar surface area (TPSA) is 80.5 Å². The van der Waals surface area contributed by atoms with Gasteiger partial charge in [0, 0.05) is 37.0 Å². The van der Waals surface area contributed by atoms with E-state index in [9.17, 15) is 13.2 Å². The van der Waals surface area contributed by atoms with Crippen LogP contribution in [0.15, 0.2) is 24.5 Å². The van der Waals surface area contributed by atoms with Crippen LogP contribution in [0.2, 0.25) is 0 Å². The normalized spacial score (nSPS) is 22.6. The van der Waals surface area contributed by atoms with E-state index in [2.05, 4.69) is 30.3 Å². The first-order valence-corrected chi connectivity index (χ1v) is 11.6. The number of ether oxygens (including phenoxy) is 1. The lowest BCUT2D eigenvalue weighted by atomic mass is 9.92. The maximum atomic E-state index is 12.7. The van der Waals surface area contributed by atoms with Crippen LogP contribution in [-0.4, -0.2) is 56.5 Å². The van der Waals surface area contributed by atoms with E-state index in [4.69, 9.17) is 4.74 Å². The van der Waals surface area contributed by atoms with Crippen LogP contribution in [0.3, 0.4) is 0 Å². The average Bonchev–Trinajstić information content (AvgIpc) is 3.28. The number of alkyl halides is 3. The summed E-state index contributed by atoms with van der Waals surface area (Å²) in [6.45, 7) is 6.35. The van der Waals surface area contributed by atoms with Gasteiger partial charge in [0.25, 0.3) is 0 Å². The molecule has 34 heavy (non-hydrogen) atoms. The van der Waals surface area contributed by atoms with Gasteiger partial charge < -0.3 is 15.0 Å². The number of nitrogens with one attached hydrogen (secondary N) is 1. The summed E-state index contributed by atoms with van der Waals surface area (Å²) in [5.74, 6) is 2.30. The van der Waals surface area contributed by atoms with Crippen LogP contribution < -0.4 is 15.0 Å². The Bertz CT molecular complexity index is 1170. The van der Waals surface area contributed by atoms with E-state index in [1.807, 2.05) is 26.8 Å². The fourth-order valence-corrected chi connectivity index (χ4v) is 5.14. The highest BCUT2D eigenvalue weighted by atomic mass is 19.4. The molecule has 0 amide bonds. The lowest BCUT2D eigenvalue weighted by Crippen LogP contribution is -2.48. The molecule has 2 bridgehead atoms. The minimum atomic E-state index is -4.43. The van der Waals surface area contributed by atoms with Gasteiger partial charge in [0.05, 0.1) is 0 Å². The number of aryl methyl sites for hydroxylation is 1. The van der Waals surface area contributed by atoms with Crippen LogP contribution in [0, 0.1) is 18.8 Å². The van der Waals surface area contributed by atoms with Crippen molar-refractivity contribution in [3.05, 3.63) is 35.8 Å². The Morgan fingerprint density at radius 2 is 1.88 bits per heavy atom. The molecule has 8 nitrogen and oxygen atoms in total. The number of aromatic nitrogens is 5. The number of halogens is 3. The third-order valence-electron chi connectivity index (χ3n) is 6.73. The minimum Gasteiger partial charge on any atom is -0.468 e. The van der Waals surface area contributed by atoms with Crippen LogP contribution >= 0.6 is 0 Å². The number of piperidine rings is 1. The number of anilines is 2. The molecule has 1 unspecified atom stereocenters. The number of fused-ring (bicyclic) bond motifs is 3. The molecule has 1 saturated carbocycles. The van der Waals surface area contributed by atoms with Gasteiger partial charge in [-0.3, -0.25) is 0 Å². The SMILES string of the molecule is Cc1cc(N2C[C@H]3CC[C@@H](C2)C3Nc2nc3c(C(C)C)ccc(OCC(F)(F)F)n3n2)ncn1. The van der Waals surface area contributed by atoms with E-state index in [-0.39, 0.29) is 17.8 Å². The molecule has 1 aliphatic heterocycles. The van der Waals surface area contributed by atoms with Gasteiger partial charge >= 0.3 is 6.18 Å². The quantitative estimate of drug-likeness (QED) is 0.572. The van der Waals surface area contributed by atoms with E-state index < -0.39 is 12.8 Å². The summed E-state index contributed by atoms with van der Waals surface area (Å²) in [6.07, 6.45) is -0.650. The Morgan fingerprint density at radius 3 is 2.53 bits per heavy atom. The van der Waals surface area contributed by atoms with Crippen molar-refractivity contribution in [3.63, 3.8) is 0 Å². The predicted octanol–water partition coefficient (Wildman–Crippen LogP) is 4.22. The summed E-state index contributed by atoms with van der Waals surface area (Å²) in [6, 6.07) is 5.49. The number of pyridine rings is 1. The van der Waals surface area contributed by atoms with Gasteiger partial charge in [-0.15, -0.1) is 5.10 Å². The molecule has 3 atom stereocenters. The zero-order chi connectivity index (χ0) is 24.0. The molecule has 0 aromatic carbocycles. The Kier molecular flexibility index (Phi) is 5.73. The van der Waals surface area contributed by atoms with Gasteiger partial charge in [0.15, 0.2) is 12.3 Å². The van der Waals surface area contributed by atoms with Crippen molar-refractivity contribution in [2.45, 2.75) is 51.7 Å². The molecule has 3 aromatic heterocycles. The van der Waals surface area contributed by atoms with Crippen molar-refractivity contribution in [2.24, 2.45) is 11.8 Å². The Morgan fingerprint density at radius 1 is 1.15 bits per heavy atom. The van der Waals surface area contributed by atoms with Crippen LogP contribution in [0.1, 0.15) is 43.9 Å². The van der Waals surface area contributed by atoms with Gasteiger partial charge in [0.2, 0.25) is 11.8 Å². The summed E-state index contributed by atoms with van der Waals surface area (Å²) < 4.78 is 44.6. The zero-order valence-electron chi connectivity index (χ0n) is 19.4. The molecule has 0 spiro atoms. The van der Waals surface area contributed by atoms with Crippen LogP contribution in [-0.2, 0) is 0 Å². The Labute approximate surface area is 195 Å². The van der Waals surface area contributed by atoms with Crippen molar-refractivity contribution in [1.82, 2.24) is 24.6 Å². The second-order valence-electron chi connectivity index (χ2n) is 9.55. The highest BCUT2D eigenvalue weighted by Crippen LogP contribution is 2.40. The van der Waals surface area contributed by atoms with Gasteiger partial charge in [-0.25, -0.2) is 9.97 Å². The molecular weight excluding hydrogens is 447 g/mol. The maximum Gasteiger partial charge on any atom is 0.422 e. The molecule has 1 saturated heterocycles. The summed E-state index contributed by atoms with van der Waals surface area (Å²) in [4.78, 5) is 15.6. The van der Waals surface area contributed by atoms with Crippen molar-refractivity contribution in [1.29, 1.82) is 0 Å². The molecule has 1 aliphatic carbocycles. The third kappa shape index (κ3) is 4.47. The van der Waals surface area contributed by atoms with Crippen molar-refractivity contribution < 1.29 is 17.9 Å². The standard InChI is InChI=1S/C23H28F3N7O/c1-13(2)17-6-7-19(34-11-23(24,25)26)33-21(17)30-22(31-33)29-20-15-4-5-16(20)10-32(9-15)18-8-14(3)27-12-28-18/h6-8,12-13,15-16,20H,4-5,9-11H2,1-3H3,(H,29,31)/t15-,16+,20?. The largest absolute Gasteiger partial charge is 0.468 e. The van der Waals surface area contributed by atoms with Gasteiger partial charge in [-0.05, 0) is 49.1 Å². The number of rotatable bonds is 6. The predicted molar refractivity (Wildman–Crippen MR) is 121 cm³/mol. The fraction of sp³-hybridized carbons (Fsp3) is 0.565. The van der Waals surface area contributed by atoms with Crippen LogP contribution in [0.4, 0.5) is 24.9 Å². The fourth-order valence-electron chi connectivity index (χ4n) is 5.14. The first-order chi connectivity index (χ1) is 16.2. The zero-order valence-corrected chi connectivity index (χ0v) is 19.4. The minimum absolute atomic E-state index is 0.0224. The first-order valence-electron chi connectivity index (χ1n) is 11.6. The Balaban J connectivity index is 1.38. The number of hydrogen-bond donors (Lipinski definition) is 1. The molecule has 3 aromatic rings. The molecule has 2 aliphatic rings. The molecule has 182 valence electrons. The lowest BCUT2D eigenvalue weighted by molar-refractivity contribution is -0.154. The molecule has 0 radical (unpaired) electrons. The number of nitrogens with zero attached hydrogens (tertiary/aromatic N) is 6. The summed E-state index contributed by atoms with van der Waals surface area (Å²) in [5, 5.41) is 8.01. The van der Waals surface area contributed by atoms with Crippen molar-refractivity contribution >= 4 is 17.4 Å². The van der Waals surface area contributed by atoms with Gasteiger partial charge in [0.1, 0.15) is 12.1 Å². The maximum absolute atomic E-state index is 12.7. The molecule has 2 fully saturated rings. The summed E-state index contributed by atoms with van der Waals surface area (Å²) in [5.41, 5.74) is 2.35. The molecule has 11 heteroatoms. The van der Waals surface area contributed by atoms with E-state index in [1.54, 1.807) is 12.4 Å². The van der Waals surface area contributed by atoms with Crippen LogP contribution in [0.25, 0.3) is 5.65 Å². The van der Waals surface area contributed by atoms with E-state index in [0.717, 1.165) is 43.0 Å². The second kappa shape index (κ2) is 8.59. The smallest absolute Gasteiger partial charge is 0.422 e. The molecule has 5 rings (SSSR count). The van der Waals surface area contributed by atoms with E-state index >= 15 is 0 Å². The van der Waals surface area contributed by atoms with E-state index in [1.165, 1.54) is 10.6 Å². The van der Waals surface area contributed by atoms with Gasteiger partial charge in [-0.1, -0.05) is 13.8 Å². The van der Waals surface area contributed by atoms with Gasteiger partial charge in [-0.2, -0.15) is 22.7 Å². The average molecular weight is 476 g/mol. The lowest BCUT2D eigenvalue weighted by Gasteiger charge is -2.38. The highest BCUT2D eigenvalue weighted by molar-refractivity contribution is 5.55.